The number of carbonyl (C=O) groups is 2. The van der Waals surface area contributed by atoms with E-state index in [2.05, 4.69) is 9.88 Å². The number of Topliss-reactive ketones (excluding diaryl/α,β-unsaturated/α-hetero) is 1. The van der Waals surface area contributed by atoms with Gasteiger partial charge in [-0.1, -0.05) is 0 Å². The van der Waals surface area contributed by atoms with Crippen molar-refractivity contribution in [1.82, 2.24) is 4.57 Å². The van der Waals surface area contributed by atoms with Crippen molar-refractivity contribution in [2.24, 2.45) is 5.73 Å². The van der Waals surface area contributed by atoms with Crippen molar-refractivity contribution in [2.45, 2.75) is 64.0 Å². The Labute approximate surface area is 164 Å². The molecule has 2 aliphatic carbocycles. The minimum absolute atomic E-state index is 0.207. The van der Waals surface area contributed by atoms with Gasteiger partial charge in [-0.15, -0.1) is 0 Å². The minimum Gasteiger partial charge on any atom is -0.393 e. The molecule has 1 fully saturated rings. The molecule has 148 valence electrons. The molecule has 1 heterocycles. The fourth-order valence-corrected chi connectivity index (χ4v) is 4.54. The van der Waals surface area contributed by atoms with E-state index in [1.54, 1.807) is 6.07 Å². The molecule has 2 aromatic rings. The van der Waals surface area contributed by atoms with E-state index in [9.17, 15) is 14.7 Å². The first-order chi connectivity index (χ1) is 13.4. The summed E-state index contributed by atoms with van der Waals surface area (Å²) in [4.78, 5) is 24.3. The summed E-state index contributed by atoms with van der Waals surface area (Å²) in [6.45, 7) is 1.98. The SMILES string of the molecule is Cc1cn(-c2ccc(C(N)=O)c(NC3CCC(O)CC3)c2)c2c1C(=O)CCC2. The summed E-state index contributed by atoms with van der Waals surface area (Å²) in [6.07, 6.45) is 7.36. The molecule has 6 heteroatoms. The van der Waals surface area contributed by atoms with Crippen LogP contribution in [-0.2, 0) is 6.42 Å². The van der Waals surface area contributed by atoms with E-state index in [1.807, 2.05) is 25.3 Å². The predicted octanol–water partition coefficient (Wildman–Crippen LogP) is 3.12. The van der Waals surface area contributed by atoms with Crippen molar-refractivity contribution >= 4 is 17.4 Å². The number of nitrogens with two attached hydrogens (primary N) is 1. The van der Waals surface area contributed by atoms with Gasteiger partial charge in [0.2, 0.25) is 0 Å². The average Bonchev–Trinajstić information content (AvgIpc) is 3.01. The second-order valence-corrected chi connectivity index (χ2v) is 8.02. The molecule has 0 saturated heterocycles. The molecule has 0 radical (unpaired) electrons. The molecule has 1 saturated carbocycles. The maximum Gasteiger partial charge on any atom is 0.250 e. The molecule has 0 atom stereocenters. The van der Waals surface area contributed by atoms with E-state index < -0.39 is 5.91 Å². The Bertz CT molecular complexity index is 923. The van der Waals surface area contributed by atoms with Crippen LogP contribution in [-0.4, -0.2) is 33.5 Å². The molecule has 4 rings (SSSR count). The Kier molecular flexibility index (Phi) is 4.98. The fraction of sp³-hybridized carbons (Fsp3) is 0.455. The van der Waals surface area contributed by atoms with Gasteiger partial charge in [-0.25, -0.2) is 0 Å². The first-order valence-corrected chi connectivity index (χ1v) is 10.1. The van der Waals surface area contributed by atoms with Gasteiger partial charge in [-0.05, 0) is 69.2 Å². The van der Waals surface area contributed by atoms with E-state index in [0.717, 1.165) is 61.0 Å². The Hall–Kier alpha value is -2.60. The van der Waals surface area contributed by atoms with Crippen molar-refractivity contribution in [3.8, 4) is 5.69 Å². The standard InChI is InChI=1S/C22H27N3O3/c1-13-12-25(19-3-2-4-20(27)21(13)19)15-7-10-17(22(23)28)18(11-15)24-14-5-8-16(26)9-6-14/h7,10-12,14,16,24,26H,2-6,8-9H2,1H3,(H2,23,28). The number of nitrogens with one attached hydrogen (secondary N) is 1. The molecular formula is C22H27N3O3. The lowest BCUT2D eigenvalue weighted by Crippen LogP contribution is -2.29. The van der Waals surface area contributed by atoms with Crippen LogP contribution in [0.15, 0.2) is 24.4 Å². The third kappa shape index (κ3) is 3.44. The van der Waals surface area contributed by atoms with Crippen LogP contribution >= 0.6 is 0 Å². The maximum absolute atomic E-state index is 12.3. The Balaban J connectivity index is 1.71. The highest BCUT2D eigenvalue weighted by atomic mass is 16.3. The molecular weight excluding hydrogens is 354 g/mol. The topological polar surface area (TPSA) is 97.3 Å². The zero-order valence-electron chi connectivity index (χ0n) is 16.2. The fourth-order valence-electron chi connectivity index (χ4n) is 4.54. The van der Waals surface area contributed by atoms with Crippen molar-refractivity contribution in [3.05, 3.63) is 46.8 Å². The molecule has 4 N–H and O–H groups in total. The number of anilines is 1. The van der Waals surface area contributed by atoms with E-state index >= 15 is 0 Å². The van der Waals surface area contributed by atoms with Gasteiger partial charge < -0.3 is 20.7 Å². The van der Waals surface area contributed by atoms with Crippen molar-refractivity contribution in [3.63, 3.8) is 0 Å². The normalized spacial score (nSPS) is 22.0. The van der Waals surface area contributed by atoms with Gasteiger partial charge >= 0.3 is 0 Å². The number of ketones is 1. The number of nitrogens with zero attached hydrogens (tertiary/aromatic N) is 1. The summed E-state index contributed by atoms with van der Waals surface area (Å²) in [7, 11) is 0. The summed E-state index contributed by atoms with van der Waals surface area (Å²) in [5.41, 5.74) is 10.6. The largest absolute Gasteiger partial charge is 0.393 e. The first-order valence-electron chi connectivity index (χ1n) is 10.1. The van der Waals surface area contributed by atoms with E-state index in [-0.39, 0.29) is 17.9 Å². The summed E-state index contributed by atoms with van der Waals surface area (Å²) in [5.74, 6) is -0.254. The lowest BCUT2D eigenvalue weighted by molar-refractivity contribution is 0.0969. The molecule has 1 aromatic carbocycles. The molecule has 1 aromatic heterocycles. The number of fused-ring (bicyclic) bond motifs is 1. The summed E-state index contributed by atoms with van der Waals surface area (Å²) in [5, 5.41) is 13.2. The third-order valence-corrected chi connectivity index (χ3v) is 6.00. The van der Waals surface area contributed by atoms with Gasteiger partial charge in [0, 0.05) is 41.3 Å². The van der Waals surface area contributed by atoms with Gasteiger partial charge in [0.15, 0.2) is 5.78 Å². The highest BCUT2D eigenvalue weighted by molar-refractivity contribution is 6.00. The second-order valence-electron chi connectivity index (χ2n) is 8.02. The number of carbonyl (C=O) groups excluding carboxylic acids is 2. The van der Waals surface area contributed by atoms with Crippen LogP contribution in [0.1, 0.15) is 70.5 Å². The smallest absolute Gasteiger partial charge is 0.250 e. The lowest BCUT2D eigenvalue weighted by Gasteiger charge is -2.28. The van der Waals surface area contributed by atoms with Crippen LogP contribution in [0, 0.1) is 6.92 Å². The van der Waals surface area contributed by atoms with Crippen LogP contribution in [0.25, 0.3) is 5.69 Å². The number of rotatable bonds is 4. The first kappa shape index (κ1) is 18.7. The monoisotopic (exact) mass is 381 g/mol. The van der Waals surface area contributed by atoms with Crippen LogP contribution in [0.3, 0.4) is 0 Å². The summed E-state index contributed by atoms with van der Waals surface area (Å²) < 4.78 is 2.07. The van der Waals surface area contributed by atoms with E-state index in [1.165, 1.54) is 0 Å². The van der Waals surface area contributed by atoms with Crippen molar-refractivity contribution in [2.75, 3.05) is 5.32 Å². The molecule has 6 nitrogen and oxygen atoms in total. The number of aryl methyl sites for hydroxylation is 1. The maximum atomic E-state index is 12.3. The number of benzene rings is 1. The number of aliphatic hydroxyl groups excluding tert-OH is 1. The van der Waals surface area contributed by atoms with Crippen molar-refractivity contribution in [1.29, 1.82) is 0 Å². The Morgan fingerprint density at radius 2 is 1.96 bits per heavy atom. The number of primary amides is 1. The molecule has 0 unspecified atom stereocenters. The van der Waals surface area contributed by atoms with Crippen LogP contribution in [0.4, 0.5) is 5.69 Å². The van der Waals surface area contributed by atoms with Gasteiger partial charge in [0.1, 0.15) is 0 Å². The number of aromatic nitrogens is 1. The minimum atomic E-state index is -0.467. The number of aliphatic hydroxyl groups is 1. The molecule has 0 bridgehead atoms. The van der Waals surface area contributed by atoms with Gasteiger partial charge in [-0.2, -0.15) is 0 Å². The number of hydrogen-bond donors (Lipinski definition) is 3. The summed E-state index contributed by atoms with van der Waals surface area (Å²) >= 11 is 0. The highest BCUT2D eigenvalue weighted by Gasteiger charge is 2.25. The van der Waals surface area contributed by atoms with Crippen LogP contribution in [0.5, 0.6) is 0 Å². The molecule has 1 amide bonds. The average molecular weight is 381 g/mol. The highest BCUT2D eigenvalue weighted by Crippen LogP contribution is 2.31. The molecule has 0 spiro atoms. The number of amides is 1. The van der Waals surface area contributed by atoms with Crippen LogP contribution < -0.4 is 11.1 Å². The second kappa shape index (κ2) is 7.43. The third-order valence-electron chi connectivity index (χ3n) is 6.00. The van der Waals surface area contributed by atoms with Crippen molar-refractivity contribution < 1.29 is 14.7 Å². The Morgan fingerprint density at radius 1 is 1.21 bits per heavy atom. The summed E-state index contributed by atoms with van der Waals surface area (Å²) in [6, 6.07) is 5.79. The van der Waals surface area contributed by atoms with Gasteiger partial charge in [0.05, 0.1) is 11.7 Å². The zero-order chi connectivity index (χ0) is 19.8. The van der Waals surface area contributed by atoms with E-state index in [4.69, 9.17) is 5.73 Å². The molecule has 2 aliphatic rings. The van der Waals surface area contributed by atoms with Gasteiger partial charge in [0.25, 0.3) is 5.91 Å². The lowest BCUT2D eigenvalue weighted by atomic mass is 9.92. The number of hydrogen-bond acceptors (Lipinski definition) is 4. The predicted molar refractivity (Wildman–Crippen MR) is 108 cm³/mol. The molecule has 0 aliphatic heterocycles. The van der Waals surface area contributed by atoms with Gasteiger partial charge in [-0.3, -0.25) is 9.59 Å². The zero-order valence-corrected chi connectivity index (χ0v) is 16.2. The Morgan fingerprint density at radius 3 is 2.68 bits per heavy atom. The molecule has 28 heavy (non-hydrogen) atoms. The van der Waals surface area contributed by atoms with E-state index in [0.29, 0.717) is 17.7 Å². The quantitative estimate of drug-likeness (QED) is 0.758. The van der Waals surface area contributed by atoms with Crippen LogP contribution in [0.2, 0.25) is 0 Å².